The molecule has 3 heteroatoms. The summed E-state index contributed by atoms with van der Waals surface area (Å²) in [5.41, 5.74) is 13.4. The van der Waals surface area contributed by atoms with E-state index in [0.29, 0.717) is 0 Å². The summed E-state index contributed by atoms with van der Waals surface area (Å²) >= 11 is 0. The van der Waals surface area contributed by atoms with Gasteiger partial charge in [0.25, 0.3) is 0 Å². The molecule has 0 aliphatic rings. The Balaban J connectivity index is 0.981. The number of aromatic nitrogens is 1. The molecular formula is C52H34N2O. The topological polar surface area (TPSA) is 21.3 Å². The molecule has 0 N–H and O–H groups in total. The van der Waals surface area contributed by atoms with Crippen LogP contribution in [0.3, 0.4) is 0 Å². The second-order valence-corrected chi connectivity index (χ2v) is 14.2. The predicted octanol–water partition coefficient (Wildman–Crippen LogP) is 14.6. The highest BCUT2D eigenvalue weighted by molar-refractivity contribution is 6.11. The maximum Gasteiger partial charge on any atom is 0.135 e. The van der Waals surface area contributed by atoms with E-state index >= 15 is 0 Å². The summed E-state index contributed by atoms with van der Waals surface area (Å²) in [7, 11) is 0. The molecule has 0 amide bonds. The minimum absolute atomic E-state index is 0.889. The summed E-state index contributed by atoms with van der Waals surface area (Å²) in [6.07, 6.45) is 0. The van der Waals surface area contributed by atoms with E-state index in [9.17, 15) is 0 Å². The van der Waals surface area contributed by atoms with E-state index in [0.717, 1.165) is 61.4 Å². The standard InChI is InChI=1S/C52H34N2O/c1-3-14-40(15-4-1)53(48-21-11-13-36-12-7-8-18-43(36)48)42-27-22-35(23-28-42)37-25-30-51-46(33-37)47-34-39(26-31-52(47)55-51)38-24-29-50-45(32-38)44-19-9-10-20-49(44)54(50)41-16-5-2-6-17-41/h1-34H. The maximum absolute atomic E-state index is 6.39. The summed E-state index contributed by atoms with van der Waals surface area (Å²) in [5.74, 6) is 0. The van der Waals surface area contributed by atoms with Crippen LogP contribution in [-0.4, -0.2) is 4.57 Å². The molecule has 2 heterocycles. The van der Waals surface area contributed by atoms with Crippen LogP contribution >= 0.6 is 0 Å². The number of anilines is 3. The van der Waals surface area contributed by atoms with E-state index in [4.69, 9.17) is 4.42 Å². The Labute approximate surface area is 318 Å². The van der Waals surface area contributed by atoms with Crippen LogP contribution in [0.15, 0.2) is 211 Å². The number of rotatable bonds is 6. The lowest BCUT2D eigenvalue weighted by Crippen LogP contribution is -2.10. The van der Waals surface area contributed by atoms with Crippen molar-refractivity contribution in [1.82, 2.24) is 4.57 Å². The monoisotopic (exact) mass is 702 g/mol. The zero-order valence-electron chi connectivity index (χ0n) is 29.9. The van der Waals surface area contributed by atoms with Crippen LogP contribution in [-0.2, 0) is 0 Å². The fraction of sp³-hybridized carbons (Fsp3) is 0. The van der Waals surface area contributed by atoms with E-state index in [1.54, 1.807) is 0 Å². The van der Waals surface area contributed by atoms with Gasteiger partial charge in [0.15, 0.2) is 0 Å². The SMILES string of the molecule is c1ccc(N(c2ccc(-c3ccc4oc5ccc(-c6ccc7c(c6)c6ccccc6n7-c6ccccc6)cc5c4c3)cc2)c2cccc3ccccc23)cc1. The third-order valence-corrected chi connectivity index (χ3v) is 11.0. The third kappa shape index (κ3) is 5.20. The van der Waals surface area contributed by atoms with Gasteiger partial charge < -0.3 is 13.9 Å². The molecule has 0 aliphatic heterocycles. The predicted molar refractivity (Wildman–Crippen MR) is 231 cm³/mol. The van der Waals surface area contributed by atoms with Crippen LogP contribution in [0.25, 0.3) is 82.5 Å². The molecule has 9 aromatic carbocycles. The van der Waals surface area contributed by atoms with E-state index < -0.39 is 0 Å². The number of benzene rings is 9. The van der Waals surface area contributed by atoms with Crippen LogP contribution in [0.4, 0.5) is 17.1 Å². The van der Waals surface area contributed by atoms with Crippen molar-refractivity contribution < 1.29 is 4.42 Å². The van der Waals surface area contributed by atoms with E-state index in [-0.39, 0.29) is 0 Å². The number of hydrogen-bond acceptors (Lipinski definition) is 2. The number of nitrogens with zero attached hydrogens (tertiary/aromatic N) is 2. The second-order valence-electron chi connectivity index (χ2n) is 14.2. The van der Waals surface area contributed by atoms with Gasteiger partial charge in [-0.05, 0) is 113 Å². The van der Waals surface area contributed by atoms with Crippen molar-refractivity contribution in [2.75, 3.05) is 4.90 Å². The van der Waals surface area contributed by atoms with Crippen LogP contribution in [0, 0.1) is 0 Å². The van der Waals surface area contributed by atoms with Gasteiger partial charge in [-0.15, -0.1) is 0 Å². The van der Waals surface area contributed by atoms with Gasteiger partial charge in [-0.1, -0.05) is 121 Å². The van der Waals surface area contributed by atoms with Crippen molar-refractivity contribution in [3.8, 4) is 27.9 Å². The van der Waals surface area contributed by atoms with Crippen molar-refractivity contribution in [1.29, 1.82) is 0 Å². The molecule has 11 aromatic rings. The molecule has 0 aliphatic carbocycles. The lowest BCUT2D eigenvalue weighted by atomic mass is 9.99. The third-order valence-electron chi connectivity index (χ3n) is 11.0. The van der Waals surface area contributed by atoms with Gasteiger partial charge in [0, 0.05) is 44.0 Å². The molecule has 0 fully saturated rings. The largest absolute Gasteiger partial charge is 0.456 e. The lowest BCUT2D eigenvalue weighted by Gasteiger charge is -2.27. The Morgan fingerprint density at radius 2 is 0.873 bits per heavy atom. The van der Waals surface area contributed by atoms with E-state index in [1.165, 1.54) is 38.1 Å². The molecule has 0 unspecified atom stereocenters. The first kappa shape index (κ1) is 31.2. The van der Waals surface area contributed by atoms with Gasteiger partial charge in [-0.2, -0.15) is 0 Å². The maximum atomic E-state index is 6.39. The van der Waals surface area contributed by atoms with Gasteiger partial charge in [0.05, 0.1) is 16.7 Å². The van der Waals surface area contributed by atoms with Crippen molar-refractivity contribution in [2.45, 2.75) is 0 Å². The number of fused-ring (bicyclic) bond motifs is 7. The zero-order chi connectivity index (χ0) is 36.3. The molecule has 0 saturated carbocycles. The summed E-state index contributed by atoms with van der Waals surface area (Å²) in [6.45, 7) is 0. The molecule has 0 atom stereocenters. The van der Waals surface area contributed by atoms with Crippen LogP contribution in [0.5, 0.6) is 0 Å². The molecule has 2 aromatic heterocycles. The first-order valence-corrected chi connectivity index (χ1v) is 18.8. The Kier molecular flexibility index (Phi) is 7.17. The van der Waals surface area contributed by atoms with Crippen LogP contribution in [0.1, 0.15) is 0 Å². The van der Waals surface area contributed by atoms with Gasteiger partial charge >= 0.3 is 0 Å². The zero-order valence-corrected chi connectivity index (χ0v) is 29.9. The fourth-order valence-corrected chi connectivity index (χ4v) is 8.35. The minimum atomic E-state index is 0.889. The lowest BCUT2D eigenvalue weighted by molar-refractivity contribution is 0.669. The molecular weight excluding hydrogens is 669 g/mol. The molecule has 0 spiro atoms. The molecule has 258 valence electrons. The fourth-order valence-electron chi connectivity index (χ4n) is 8.35. The highest BCUT2D eigenvalue weighted by Crippen LogP contribution is 2.41. The Hall–Kier alpha value is -7.36. The first-order valence-electron chi connectivity index (χ1n) is 18.8. The van der Waals surface area contributed by atoms with Gasteiger partial charge in [0.1, 0.15) is 11.2 Å². The van der Waals surface area contributed by atoms with Crippen molar-refractivity contribution in [3.63, 3.8) is 0 Å². The quantitative estimate of drug-likeness (QED) is 0.172. The smallest absolute Gasteiger partial charge is 0.135 e. The van der Waals surface area contributed by atoms with Crippen LogP contribution < -0.4 is 4.90 Å². The van der Waals surface area contributed by atoms with Gasteiger partial charge in [-0.25, -0.2) is 0 Å². The first-order chi connectivity index (χ1) is 27.3. The summed E-state index contributed by atoms with van der Waals surface area (Å²) in [5, 5.41) is 7.15. The summed E-state index contributed by atoms with van der Waals surface area (Å²) in [4.78, 5) is 2.34. The number of para-hydroxylation sites is 3. The highest BCUT2D eigenvalue weighted by Gasteiger charge is 2.17. The summed E-state index contributed by atoms with van der Waals surface area (Å²) < 4.78 is 8.75. The van der Waals surface area contributed by atoms with E-state index in [2.05, 4.69) is 216 Å². The van der Waals surface area contributed by atoms with Crippen molar-refractivity contribution >= 4 is 71.6 Å². The van der Waals surface area contributed by atoms with Crippen molar-refractivity contribution in [2.24, 2.45) is 0 Å². The molecule has 0 saturated heterocycles. The Morgan fingerprint density at radius 1 is 0.345 bits per heavy atom. The Bertz CT molecular complexity index is 3190. The normalized spacial score (nSPS) is 11.6. The van der Waals surface area contributed by atoms with Crippen molar-refractivity contribution in [3.05, 3.63) is 206 Å². The second kappa shape index (κ2) is 12.6. The average molecular weight is 703 g/mol. The van der Waals surface area contributed by atoms with Crippen LogP contribution in [0.2, 0.25) is 0 Å². The number of hydrogen-bond donors (Lipinski definition) is 0. The summed E-state index contributed by atoms with van der Waals surface area (Å²) in [6, 6.07) is 73.9. The molecule has 55 heavy (non-hydrogen) atoms. The Morgan fingerprint density at radius 3 is 1.62 bits per heavy atom. The van der Waals surface area contributed by atoms with Gasteiger partial charge in [-0.3, -0.25) is 0 Å². The van der Waals surface area contributed by atoms with E-state index in [1.807, 2.05) is 0 Å². The minimum Gasteiger partial charge on any atom is -0.456 e. The van der Waals surface area contributed by atoms with Gasteiger partial charge in [0.2, 0.25) is 0 Å². The molecule has 11 rings (SSSR count). The average Bonchev–Trinajstić information content (AvgIpc) is 3.79. The molecule has 0 radical (unpaired) electrons. The highest BCUT2D eigenvalue weighted by atomic mass is 16.3. The number of furan rings is 1. The molecule has 3 nitrogen and oxygen atoms in total. The molecule has 0 bridgehead atoms.